The normalized spacial score (nSPS) is 11.6. The number of anilines is 1. The number of benzene rings is 2. The van der Waals surface area contributed by atoms with Crippen LogP contribution in [0.5, 0.6) is 5.75 Å². The Labute approximate surface area is 135 Å². The number of hydrogen-bond donors (Lipinski definition) is 2. The van der Waals surface area contributed by atoms with E-state index >= 15 is 0 Å². The van der Waals surface area contributed by atoms with E-state index in [1.54, 1.807) is 7.11 Å². The largest absolute Gasteiger partial charge is 0.497 e. The fraction of sp³-hybridized carbons (Fsp3) is 0.188. The molecule has 0 unspecified atom stereocenters. The van der Waals surface area contributed by atoms with Gasteiger partial charge in [-0.05, 0) is 49.0 Å². The fourth-order valence-electron chi connectivity index (χ4n) is 1.89. The molecule has 2 rings (SSSR count). The predicted octanol–water partition coefficient (Wildman–Crippen LogP) is 4.40. The van der Waals surface area contributed by atoms with E-state index in [0.29, 0.717) is 10.1 Å². The molecular weight excluding hydrogens is 304 g/mol. The van der Waals surface area contributed by atoms with Crippen molar-refractivity contribution in [2.24, 2.45) is 0 Å². The molecule has 0 heterocycles. The van der Waals surface area contributed by atoms with Crippen LogP contribution < -0.4 is 15.4 Å². The summed E-state index contributed by atoms with van der Waals surface area (Å²) in [4.78, 5) is 0. The molecule has 0 aliphatic rings. The van der Waals surface area contributed by atoms with Crippen molar-refractivity contribution >= 4 is 34.6 Å². The lowest BCUT2D eigenvalue weighted by molar-refractivity contribution is 0.414. The van der Waals surface area contributed by atoms with E-state index in [4.69, 9.17) is 28.6 Å². The Balaban J connectivity index is 1.97. The van der Waals surface area contributed by atoms with Gasteiger partial charge < -0.3 is 15.4 Å². The molecule has 21 heavy (non-hydrogen) atoms. The quantitative estimate of drug-likeness (QED) is 0.818. The number of thiocarbonyl (C=S) groups is 1. The number of nitrogens with one attached hydrogen (secondary N) is 2. The van der Waals surface area contributed by atoms with Crippen LogP contribution in [0.2, 0.25) is 5.02 Å². The van der Waals surface area contributed by atoms with Crippen LogP contribution in [-0.2, 0) is 0 Å². The summed E-state index contributed by atoms with van der Waals surface area (Å²) >= 11 is 11.4. The SMILES string of the molecule is COc1ccc([C@H](C)NC(=S)Nc2ccccc2Cl)cc1. The third-order valence-electron chi connectivity index (χ3n) is 3.09. The van der Waals surface area contributed by atoms with Crippen molar-refractivity contribution in [3.8, 4) is 5.75 Å². The van der Waals surface area contributed by atoms with Gasteiger partial charge in [-0.25, -0.2) is 0 Å². The van der Waals surface area contributed by atoms with Gasteiger partial charge in [0.05, 0.1) is 23.9 Å². The van der Waals surface area contributed by atoms with E-state index in [0.717, 1.165) is 17.0 Å². The van der Waals surface area contributed by atoms with E-state index in [2.05, 4.69) is 10.6 Å². The van der Waals surface area contributed by atoms with Crippen molar-refractivity contribution in [1.29, 1.82) is 0 Å². The zero-order valence-electron chi connectivity index (χ0n) is 11.9. The van der Waals surface area contributed by atoms with Crippen LogP contribution in [0.1, 0.15) is 18.5 Å². The summed E-state index contributed by atoms with van der Waals surface area (Å²) in [6.07, 6.45) is 0. The molecule has 2 aromatic rings. The fourth-order valence-corrected chi connectivity index (χ4v) is 2.36. The van der Waals surface area contributed by atoms with Crippen molar-refractivity contribution in [1.82, 2.24) is 5.32 Å². The lowest BCUT2D eigenvalue weighted by atomic mass is 10.1. The topological polar surface area (TPSA) is 33.3 Å². The van der Waals surface area contributed by atoms with Gasteiger partial charge in [0.25, 0.3) is 0 Å². The number of rotatable bonds is 4. The van der Waals surface area contributed by atoms with Gasteiger partial charge in [-0.2, -0.15) is 0 Å². The first-order valence-corrected chi connectivity index (χ1v) is 7.35. The lowest BCUT2D eigenvalue weighted by Crippen LogP contribution is -2.30. The minimum atomic E-state index is 0.0818. The van der Waals surface area contributed by atoms with Crippen LogP contribution in [-0.4, -0.2) is 12.2 Å². The van der Waals surface area contributed by atoms with Crippen molar-refractivity contribution in [2.75, 3.05) is 12.4 Å². The Kier molecular flexibility index (Phi) is 5.42. The maximum absolute atomic E-state index is 6.09. The van der Waals surface area contributed by atoms with Crippen LogP contribution in [0.25, 0.3) is 0 Å². The highest BCUT2D eigenvalue weighted by atomic mass is 35.5. The van der Waals surface area contributed by atoms with Gasteiger partial charge in [0.1, 0.15) is 5.75 Å². The Bertz CT molecular complexity index is 616. The molecule has 0 amide bonds. The molecule has 2 N–H and O–H groups in total. The van der Waals surface area contributed by atoms with Crippen molar-refractivity contribution in [2.45, 2.75) is 13.0 Å². The monoisotopic (exact) mass is 320 g/mol. The highest BCUT2D eigenvalue weighted by Gasteiger charge is 2.08. The van der Waals surface area contributed by atoms with Crippen LogP contribution in [0, 0.1) is 0 Å². The lowest BCUT2D eigenvalue weighted by Gasteiger charge is -2.18. The number of ether oxygens (including phenoxy) is 1. The third-order valence-corrected chi connectivity index (χ3v) is 3.63. The van der Waals surface area contributed by atoms with Crippen LogP contribution in [0.15, 0.2) is 48.5 Å². The van der Waals surface area contributed by atoms with E-state index in [-0.39, 0.29) is 6.04 Å². The second-order valence-electron chi connectivity index (χ2n) is 4.57. The first kappa shape index (κ1) is 15.6. The van der Waals surface area contributed by atoms with E-state index < -0.39 is 0 Å². The van der Waals surface area contributed by atoms with Gasteiger partial charge in [-0.3, -0.25) is 0 Å². The standard InChI is InChI=1S/C16H17ClN2OS/c1-11(12-7-9-13(20-2)10-8-12)18-16(21)19-15-6-4-3-5-14(15)17/h3-11H,1-2H3,(H2,18,19,21)/t11-/m0/s1. The smallest absolute Gasteiger partial charge is 0.171 e. The van der Waals surface area contributed by atoms with E-state index in [9.17, 15) is 0 Å². The van der Waals surface area contributed by atoms with Crippen LogP contribution >= 0.6 is 23.8 Å². The molecule has 110 valence electrons. The summed E-state index contributed by atoms with van der Waals surface area (Å²) in [6, 6.07) is 15.4. The molecule has 0 saturated carbocycles. The summed E-state index contributed by atoms with van der Waals surface area (Å²) < 4.78 is 5.15. The van der Waals surface area contributed by atoms with Gasteiger partial charge in [0, 0.05) is 0 Å². The van der Waals surface area contributed by atoms with Gasteiger partial charge in [0.2, 0.25) is 0 Å². The second kappa shape index (κ2) is 7.29. The van der Waals surface area contributed by atoms with Gasteiger partial charge in [0.15, 0.2) is 5.11 Å². The molecule has 3 nitrogen and oxygen atoms in total. The number of methoxy groups -OCH3 is 1. The number of hydrogen-bond acceptors (Lipinski definition) is 2. The Morgan fingerprint density at radius 2 is 1.81 bits per heavy atom. The molecule has 0 aromatic heterocycles. The minimum Gasteiger partial charge on any atom is -0.497 e. The van der Waals surface area contributed by atoms with Gasteiger partial charge in [-0.1, -0.05) is 35.9 Å². The molecule has 0 aliphatic carbocycles. The average molecular weight is 321 g/mol. The number of halogens is 1. The molecule has 0 radical (unpaired) electrons. The Morgan fingerprint density at radius 3 is 2.43 bits per heavy atom. The van der Waals surface area contributed by atoms with Gasteiger partial charge >= 0.3 is 0 Å². The molecule has 2 aromatic carbocycles. The van der Waals surface area contributed by atoms with Gasteiger partial charge in [-0.15, -0.1) is 0 Å². The highest BCUT2D eigenvalue weighted by Crippen LogP contribution is 2.21. The molecule has 0 spiro atoms. The summed E-state index contributed by atoms with van der Waals surface area (Å²) in [6.45, 7) is 2.04. The van der Waals surface area contributed by atoms with Crippen LogP contribution in [0.3, 0.4) is 0 Å². The summed E-state index contributed by atoms with van der Waals surface area (Å²) in [5.41, 5.74) is 1.91. The van der Waals surface area contributed by atoms with Crippen molar-refractivity contribution in [3.05, 3.63) is 59.1 Å². The maximum atomic E-state index is 6.09. The Morgan fingerprint density at radius 1 is 1.14 bits per heavy atom. The molecule has 0 bridgehead atoms. The molecule has 1 atom stereocenters. The number of para-hydroxylation sites is 1. The minimum absolute atomic E-state index is 0.0818. The first-order valence-electron chi connectivity index (χ1n) is 6.56. The molecule has 0 aliphatic heterocycles. The zero-order valence-corrected chi connectivity index (χ0v) is 13.5. The molecule has 0 fully saturated rings. The summed E-state index contributed by atoms with van der Waals surface area (Å²) in [7, 11) is 1.65. The van der Waals surface area contributed by atoms with Crippen LogP contribution in [0.4, 0.5) is 5.69 Å². The van der Waals surface area contributed by atoms with E-state index in [1.807, 2.05) is 55.5 Å². The highest BCUT2D eigenvalue weighted by molar-refractivity contribution is 7.80. The Hall–Kier alpha value is -1.78. The summed E-state index contributed by atoms with van der Waals surface area (Å²) in [5.74, 6) is 0.836. The zero-order chi connectivity index (χ0) is 15.2. The third kappa shape index (κ3) is 4.34. The van der Waals surface area contributed by atoms with E-state index in [1.165, 1.54) is 0 Å². The molecule has 0 saturated heterocycles. The second-order valence-corrected chi connectivity index (χ2v) is 5.39. The average Bonchev–Trinajstić information content (AvgIpc) is 2.49. The van der Waals surface area contributed by atoms with Crippen molar-refractivity contribution in [3.63, 3.8) is 0 Å². The van der Waals surface area contributed by atoms with Crippen molar-refractivity contribution < 1.29 is 4.74 Å². The molecule has 5 heteroatoms. The maximum Gasteiger partial charge on any atom is 0.171 e. The predicted molar refractivity (Wildman–Crippen MR) is 92.2 cm³/mol. The first-order chi connectivity index (χ1) is 10.1. The summed E-state index contributed by atoms with van der Waals surface area (Å²) in [5, 5.41) is 7.50. The molecular formula is C16H17ClN2OS.